The van der Waals surface area contributed by atoms with Crippen LogP contribution in [0.1, 0.15) is 15.9 Å². The van der Waals surface area contributed by atoms with E-state index in [0.29, 0.717) is 27.7 Å². The number of halogens is 1. The van der Waals surface area contributed by atoms with Gasteiger partial charge in [-0.3, -0.25) is 4.79 Å². The quantitative estimate of drug-likeness (QED) is 0.582. The van der Waals surface area contributed by atoms with Gasteiger partial charge in [0, 0.05) is 37.0 Å². The molecule has 0 aliphatic rings. The Bertz CT molecular complexity index is 752. The number of carbonyl (C=O) groups is 1. The van der Waals surface area contributed by atoms with Gasteiger partial charge >= 0.3 is 0 Å². The summed E-state index contributed by atoms with van der Waals surface area (Å²) in [5.41, 5.74) is 1.82. The lowest BCUT2D eigenvalue weighted by atomic mass is 9.96. The van der Waals surface area contributed by atoms with Gasteiger partial charge < -0.3 is 14.4 Å². The van der Waals surface area contributed by atoms with Gasteiger partial charge in [-0.2, -0.15) is 0 Å². The van der Waals surface area contributed by atoms with Crippen LogP contribution in [0, 0.1) is 0 Å². The molecule has 0 aliphatic carbocycles. The Morgan fingerprint density at radius 2 is 1.71 bits per heavy atom. The molecule has 2 aromatic carbocycles. The largest absolute Gasteiger partial charge is 0.497 e. The van der Waals surface area contributed by atoms with Crippen LogP contribution in [0.15, 0.2) is 48.7 Å². The number of rotatable bonds is 6. The van der Waals surface area contributed by atoms with Crippen molar-refractivity contribution in [2.24, 2.45) is 0 Å². The van der Waals surface area contributed by atoms with E-state index in [2.05, 4.69) is 0 Å². The van der Waals surface area contributed by atoms with Gasteiger partial charge in [-0.25, -0.2) is 0 Å². The monoisotopic (exact) mass is 345 g/mol. The lowest BCUT2D eigenvalue weighted by molar-refractivity contribution is 0.105. The van der Waals surface area contributed by atoms with Crippen LogP contribution in [0.25, 0.3) is 5.57 Å². The zero-order valence-electron chi connectivity index (χ0n) is 14.2. The molecule has 126 valence electrons. The molecule has 0 spiro atoms. The van der Waals surface area contributed by atoms with E-state index in [1.807, 2.05) is 31.1 Å². The van der Waals surface area contributed by atoms with Crippen LogP contribution < -0.4 is 9.47 Å². The first-order valence-corrected chi connectivity index (χ1v) is 7.75. The van der Waals surface area contributed by atoms with Gasteiger partial charge in [0.2, 0.25) is 0 Å². The molecule has 4 nitrogen and oxygen atoms in total. The fraction of sp³-hybridized carbons (Fsp3) is 0.211. The molecule has 0 atom stereocenters. The molecule has 0 fully saturated rings. The van der Waals surface area contributed by atoms with E-state index >= 15 is 0 Å². The molecular formula is C19H20ClNO3. The van der Waals surface area contributed by atoms with Crippen molar-refractivity contribution in [3.05, 3.63) is 64.8 Å². The fourth-order valence-electron chi connectivity index (χ4n) is 2.28. The van der Waals surface area contributed by atoms with Crippen molar-refractivity contribution in [2.45, 2.75) is 0 Å². The molecule has 0 saturated heterocycles. The molecule has 0 saturated carbocycles. The first kappa shape index (κ1) is 17.9. The number of hydrogen-bond donors (Lipinski definition) is 0. The number of carbonyl (C=O) groups excluding carboxylic acids is 1. The maximum atomic E-state index is 13.1. The van der Waals surface area contributed by atoms with Gasteiger partial charge in [-0.1, -0.05) is 23.7 Å². The number of allylic oxidation sites excluding steroid dienone is 1. The van der Waals surface area contributed by atoms with Crippen LogP contribution in [0.3, 0.4) is 0 Å². The molecule has 0 N–H and O–H groups in total. The van der Waals surface area contributed by atoms with Crippen molar-refractivity contribution in [3.63, 3.8) is 0 Å². The highest BCUT2D eigenvalue weighted by molar-refractivity contribution is 6.31. The van der Waals surface area contributed by atoms with Crippen LogP contribution in [0.4, 0.5) is 0 Å². The van der Waals surface area contributed by atoms with E-state index in [4.69, 9.17) is 21.1 Å². The molecular weight excluding hydrogens is 326 g/mol. The molecule has 0 radical (unpaired) electrons. The van der Waals surface area contributed by atoms with Crippen LogP contribution in [0.5, 0.6) is 11.5 Å². The van der Waals surface area contributed by atoms with Gasteiger partial charge in [-0.05, 0) is 29.8 Å². The molecule has 0 bridgehead atoms. The van der Waals surface area contributed by atoms with Crippen LogP contribution in [0.2, 0.25) is 5.02 Å². The number of nitrogens with zero attached hydrogens (tertiary/aromatic N) is 1. The standard InChI is InChI=1S/C19H20ClNO3/c1-21(2)12-17(13-5-7-14(20)8-6-13)19(22)16-10-9-15(23-3)11-18(16)24-4/h5-12H,1-4H3. The topological polar surface area (TPSA) is 38.8 Å². The lowest BCUT2D eigenvalue weighted by Gasteiger charge is -2.14. The lowest BCUT2D eigenvalue weighted by Crippen LogP contribution is -2.10. The summed E-state index contributed by atoms with van der Waals surface area (Å²) in [6, 6.07) is 12.3. The molecule has 0 heterocycles. The Morgan fingerprint density at radius 1 is 1.04 bits per heavy atom. The maximum absolute atomic E-state index is 13.1. The highest BCUT2D eigenvalue weighted by Gasteiger charge is 2.19. The van der Waals surface area contributed by atoms with Crippen LogP contribution >= 0.6 is 11.6 Å². The van der Waals surface area contributed by atoms with Crippen LogP contribution in [-0.4, -0.2) is 39.0 Å². The number of methoxy groups -OCH3 is 2. The fourth-order valence-corrected chi connectivity index (χ4v) is 2.41. The average molecular weight is 346 g/mol. The third-order valence-corrected chi connectivity index (χ3v) is 3.69. The zero-order valence-corrected chi connectivity index (χ0v) is 14.9. The Kier molecular flexibility index (Phi) is 5.88. The Morgan fingerprint density at radius 3 is 2.25 bits per heavy atom. The van der Waals surface area contributed by atoms with Crippen molar-refractivity contribution in [1.82, 2.24) is 4.90 Å². The smallest absolute Gasteiger partial charge is 0.198 e. The zero-order chi connectivity index (χ0) is 17.7. The molecule has 2 rings (SSSR count). The van der Waals surface area contributed by atoms with E-state index in [1.165, 1.54) is 7.11 Å². The van der Waals surface area contributed by atoms with E-state index in [9.17, 15) is 4.79 Å². The Labute approximate surface area is 147 Å². The summed E-state index contributed by atoms with van der Waals surface area (Å²) in [4.78, 5) is 14.9. The third kappa shape index (κ3) is 4.09. The molecule has 0 aromatic heterocycles. The highest BCUT2D eigenvalue weighted by Crippen LogP contribution is 2.30. The van der Waals surface area contributed by atoms with Gasteiger partial charge in [0.05, 0.1) is 19.8 Å². The normalized spacial score (nSPS) is 11.1. The second-order valence-electron chi connectivity index (χ2n) is 5.41. The van der Waals surface area contributed by atoms with Gasteiger partial charge in [0.25, 0.3) is 0 Å². The molecule has 5 heteroatoms. The van der Waals surface area contributed by atoms with Gasteiger partial charge in [0.15, 0.2) is 5.78 Å². The minimum absolute atomic E-state index is 0.134. The predicted octanol–water partition coefficient (Wildman–Crippen LogP) is 4.14. The minimum Gasteiger partial charge on any atom is -0.497 e. The van der Waals surface area contributed by atoms with Crippen LogP contribution in [-0.2, 0) is 0 Å². The van der Waals surface area contributed by atoms with E-state index in [1.54, 1.807) is 43.6 Å². The van der Waals surface area contributed by atoms with E-state index in [-0.39, 0.29) is 5.78 Å². The maximum Gasteiger partial charge on any atom is 0.198 e. The summed E-state index contributed by atoms with van der Waals surface area (Å²) in [6.45, 7) is 0. The second kappa shape index (κ2) is 7.88. The average Bonchev–Trinajstić information content (AvgIpc) is 2.59. The van der Waals surface area contributed by atoms with Crippen molar-refractivity contribution >= 4 is 23.0 Å². The Hall–Kier alpha value is -2.46. The van der Waals surface area contributed by atoms with E-state index < -0.39 is 0 Å². The number of benzene rings is 2. The highest BCUT2D eigenvalue weighted by atomic mass is 35.5. The van der Waals surface area contributed by atoms with Crippen molar-refractivity contribution in [3.8, 4) is 11.5 Å². The number of Topliss-reactive ketones (excluding diaryl/α,β-unsaturated/α-hetero) is 1. The minimum atomic E-state index is -0.134. The summed E-state index contributed by atoms with van der Waals surface area (Å²) < 4.78 is 10.5. The molecule has 0 amide bonds. The first-order valence-electron chi connectivity index (χ1n) is 7.37. The molecule has 24 heavy (non-hydrogen) atoms. The molecule has 0 aliphatic heterocycles. The number of ether oxygens (including phenoxy) is 2. The summed E-state index contributed by atoms with van der Waals surface area (Å²) >= 11 is 5.95. The molecule has 2 aromatic rings. The second-order valence-corrected chi connectivity index (χ2v) is 5.85. The van der Waals surface area contributed by atoms with Gasteiger partial charge in [0.1, 0.15) is 11.5 Å². The molecule has 0 unspecified atom stereocenters. The van der Waals surface area contributed by atoms with Crippen molar-refractivity contribution in [2.75, 3.05) is 28.3 Å². The predicted molar refractivity (Wildman–Crippen MR) is 97.0 cm³/mol. The first-order chi connectivity index (χ1) is 11.5. The summed E-state index contributed by atoms with van der Waals surface area (Å²) in [5, 5.41) is 0.623. The van der Waals surface area contributed by atoms with Gasteiger partial charge in [-0.15, -0.1) is 0 Å². The van der Waals surface area contributed by atoms with Crippen molar-refractivity contribution < 1.29 is 14.3 Å². The number of ketones is 1. The summed E-state index contributed by atoms with van der Waals surface area (Å²) in [6.07, 6.45) is 1.79. The Balaban J connectivity index is 2.51. The number of hydrogen-bond acceptors (Lipinski definition) is 4. The SMILES string of the molecule is COc1ccc(C(=O)C(=CN(C)C)c2ccc(Cl)cc2)c(OC)c1. The summed E-state index contributed by atoms with van der Waals surface area (Å²) in [7, 11) is 6.84. The van der Waals surface area contributed by atoms with Crippen molar-refractivity contribution in [1.29, 1.82) is 0 Å². The summed E-state index contributed by atoms with van der Waals surface area (Å²) in [5.74, 6) is 0.969. The third-order valence-electron chi connectivity index (χ3n) is 3.44. The van der Waals surface area contributed by atoms with E-state index in [0.717, 1.165) is 5.56 Å².